The molecular formula is C56H91N3O16. The first-order valence-electron chi connectivity index (χ1n) is 26.8. The lowest BCUT2D eigenvalue weighted by atomic mass is 9.77. The molecule has 5 rings (SSSR count). The van der Waals surface area contributed by atoms with Gasteiger partial charge in [0.1, 0.15) is 35.6 Å². The summed E-state index contributed by atoms with van der Waals surface area (Å²) in [6, 6.07) is 4.41. The Labute approximate surface area is 444 Å². The van der Waals surface area contributed by atoms with Gasteiger partial charge < -0.3 is 77.8 Å². The molecule has 0 bridgehead atoms. The number of nitrogens with zero attached hydrogens (tertiary/aromatic N) is 3. The first-order chi connectivity index (χ1) is 35.0. The molecule has 3 aliphatic heterocycles. The number of hydrogen-bond donors (Lipinski definition) is 5. The van der Waals surface area contributed by atoms with E-state index in [1.807, 2.05) is 91.5 Å². The van der Waals surface area contributed by atoms with Crippen molar-refractivity contribution in [2.75, 3.05) is 54.6 Å². The molecule has 3 fully saturated rings. The van der Waals surface area contributed by atoms with Crippen LogP contribution in [-0.4, -0.2) is 197 Å². The molecule has 4 heterocycles. The minimum Gasteiger partial charge on any atom is -0.477 e. The van der Waals surface area contributed by atoms with E-state index in [0.717, 1.165) is 0 Å². The van der Waals surface area contributed by atoms with E-state index in [1.165, 1.54) is 13.1 Å². The average Bonchev–Trinajstić information content (AvgIpc) is 3.33. The number of aliphatic hydroxyl groups is 4. The van der Waals surface area contributed by atoms with E-state index in [9.17, 15) is 39.9 Å². The fraction of sp³-hybridized carbons (Fsp3) is 0.768. The van der Waals surface area contributed by atoms with Crippen LogP contribution in [0.15, 0.2) is 35.3 Å². The molecule has 0 radical (unpaired) electrons. The molecule has 19 heteroatoms. The van der Waals surface area contributed by atoms with Crippen molar-refractivity contribution >= 4 is 28.9 Å². The van der Waals surface area contributed by atoms with Gasteiger partial charge in [-0.25, -0.2) is 4.79 Å². The summed E-state index contributed by atoms with van der Waals surface area (Å²) in [6.45, 7) is 22.8. The monoisotopic (exact) mass is 1060 g/mol. The van der Waals surface area contributed by atoms with Gasteiger partial charge in [-0.2, -0.15) is 0 Å². The van der Waals surface area contributed by atoms with Gasteiger partial charge in [-0.15, -0.1) is 0 Å². The second kappa shape index (κ2) is 26.0. The summed E-state index contributed by atoms with van der Waals surface area (Å²) >= 11 is 0. The van der Waals surface area contributed by atoms with Gasteiger partial charge in [-0.05, 0) is 126 Å². The number of pyridine rings is 1. The van der Waals surface area contributed by atoms with Crippen LogP contribution in [0.3, 0.4) is 0 Å². The predicted octanol–water partition coefficient (Wildman–Crippen LogP) is 5.25. The van der Waals surface area contributed by atoms with E-state index in [4.69, 9.17) is 37.9 Å². The third-order valence-corrected chi connectivity index (χ3v) is 16.1. The zero-order valence-electron chi connectivity index (χ0n) is 47.4. The van der Waals surface area contributed by atoms with Gasteiger partial charge in [0.25, 0.3) is 0 Å². The highest BCUT2D eigenvalue weighted by Gasteiger charge is 2.53. The number of carbonyl (C=O) groups excluding carboxylic acids is 1. The number of aromatic carboxylic acids is 1. The highest BCUT2D eigenvalue weighted by Crippen LogP contribution is 2.41. The Morgan fingerprint density at radius 3 is 2.27 bits per heavy atom. The van der Waals surface area contributed by atoms with E-state index in [-0.39, 0.29) is 68.8 Å². The first-order valence-corrected chi connectivity index (χ1v) is 26.8. The van der Waals surface area contributed by atoms with Gasteiger partial charge in [0, 0.05) is 55.7 Å². The molecule has 1 aromatic heterocycles. The number of aliphatic hydroxyl groups excluding tert-OH is 2. The smallest absolute Gasteiger partial charge is 0.341 e. The van der Waals surface area contributed by atoms with Gasteiger partial charge in [-0.1, -0.05) is 39.0 Å². The molecule has 1 aromatic carbocycles. The summed E-state index contributed by atoms with van der Waals surface area (Å²) in [6.07, 6.45) is -3.18. The van der Waals surface area contributed by atoms with Crippen molar-refractivity contribution in [3.63, 3.8) is 0 Å². The van der Waals surface area contributed by atoms with Crippen molar-refractivity contribution in [3.8, 4) is 0 Å². The van der Waals surface area contributed by atoms with Crippen LogP contribution in [0.1, 0.15) is 131 Å². The number of aromatic nitrogens is 1. The SMILES string of the molecule is CC[C@H]1OC(=O)[C@H](C)[C@@H](O[C@H]2C[C@@](C)(OC)[C@@H](OCCOC/C=C/c3ccc4c(c3)c(=O)c(C(=O)O)cn4C(C)C)[C@H](C)O2)[C@H](C)[C@@H](O[C@@H]2O[C@H](C)C[C@H](N(C)C)[C@H]2O)[C@](C)(O)C[C@@H](C)CN(C)[C@H](C)[C@@H](O)[C@]1(C)O. The van der Waals surface area contributed by atoms with Crippen molar-refractivity contribution in [1.82, 2.24) is 14.4 Å². The van der Waals surface area contributed by atoms with Crippen LogP contribution < -0.4 is 5.43 Å². The largest absolute Gasteiger partial charge is 0.477 e. The number of carboxylic acids is 1. The molecule has 3 aliphatic rings. The maximum absolute atomic E-state index is 14.6. The molecular weight excluding hydrogens is 971 g/mol. The van der Waals surface area contributed by atoms with Crippen molar-refractivity contribution in [2.45, 2.75) is 205 Å². The van der Waals surface area contributed by atoms with Crippen molar-refractivity contribution < 1.29 is 73.0 Å². The summed E-state index contributed by atoms with van der Waals surface area (Å²) in [7, 11) is 7.18. The van der Waals surface area contributed by atoms with E-state index >= 15 is 0 Å². The van der Waals surface area contributed by atoms with Crippen LogP contribution in [0.5, 0.6) is 0 Å². The quantitative estimate of drug-likeness (QED) is 0.107. The molecule has 0 unspecified atom stereocenters. The number of rotatable bonds is 16. The van der Waals surface area contributed by atoms with Gasteiger partial charge in [-0.3, -0.25) is 9.59 Å². The highest BCUT2D eigenvalue weighted by atomic mass is 16.7. The zero-order valence-corrected chi connectivity index (χ0v) is 47.4. The Morgan fingerprint density at radius 1 is 0.973 bits per heavy atom. The summed E-state index contributed by atoms with van der Waals surface area (Å²) in [5.74, 6) is -4.02. The van der Waals surface area contributed by atoms with E-state index in [0.29, 0.717) is 29.4 Å². The number of methoxy groups -OCH3 is 1. The molecule has 0 aliphatic carbocycles. The molecule has 19 nitrogen and oxygen atoms in total. The number of carboxylic acid groups (broad SMARTS) is 1. The van der Waals surface area contributed by atoms with Crippen molar-refractivity contribution in [1.29, 1.82) is 0 Å². The number of hydrogen-bond acceptors (Lipinski definition) is 17. The lowest BCUT2D eigenvalue weighted by Gasteiger charge is -2.49. The maximum atomic E-state index is 14.6. The molecule has 426 valence electrons. The van der Waals surface area contributed by atoms with Gasteiger partial charge in [0.2, 0.25) is 5.43 Å². The average molecular weight is 1060 g/mol. The lowest BCUT2D eigenvalue weighted by Crippen LogP contribution is -2.61. The minimum atomic E-state index is -1.84. The number of ether oxygens (including phenoxy) is 8. The Hall–Kier alpha value is -3.41. The fourth-order valence-corrected chi connectivity index (χ4v) is 11.7. The number of cyclic esters (lactones) is 1. The van der Waals surface area contributed by atoms with Gasteiger partial charge >= 0.3 is 11.9 Å². The number of esters is 1. The van der Waals surface area contributed by atoms with Crippen LogP contribution in [0.4, 0.5) is 0 Å². The summed E-state index contributed by atoms with van der Waals surface area (Å²) in [4.78, 5) is 43.3. The Bertz CT molecular complexity index is 2290. The van der Waals surface area contributed by atoms with E-state index in [1.54, 1.807) is 57.6 Å². The second-order valence-electron chi connectivity index (χ2n) is 22.9. The van der Waals surface area contributed by atoms with E-state index in [2.05, 4.69) is 0 Å². The number of fused-ring (bicyclic) bond motifs is 1. The number of likely N-dealkylation sites (N-methyl/N-ethyl adjacent to an activating group) is 2. The predicted molar refractivity (Wildman–Crippen MR) is 283 cm³/mol. The third kappa shape index (κ3) is 14.6. The van der Waals surface area contributed by atoms with Crippen molar-refractivity contribution in [2.24, 2.45) is 17.8 Å². The molecule has 0 saturated carbocycles. The molecule has 3 saturated heterocycles. The maximum Gasteiger partial charge on any atom is 0.341 e. The summed E-state index contributed by atoms with van der Waals surface area (Å²) in [5.41, 5.74) is -3.89. The Kier molecular flexibility index (Phi) is 21.7. The molecule has 0 amide bonds. The van der Waals surface area contributed by atoms with Gasteiger partial charge in [0.15, 0.2) is 12.6 Å². The molecule has 75 heavy (non-hydrogen) atoms. The number of carbonyl (C=O) groups is 2. The summed E-state index contributed by atoms with van der Waals surface area (Å²) in [5, 5.41) is 58.1. The lowest BCUT2D eigenvalue weighted by molar-refractivity contribution is -0.321. The Balaban J connectivity index is 1.37. The molecule has 5 N–H and O–H groups in total. The van der Waals surface area contributed by atoms with Crippen LogP contribution in [0.2, 0.25) is 0 Å². The fourth-order valence-electron chi connectivity index (χ4n) is 11.7. The second-order valence-corrected chi connectivity index (χ2v) is 22.9. The topological polar surface area (TPSA) is 238 Å². The van der Waals surface area contributed by atoms with Crippen LogP contribution >= 0.6 is 0 Å². The molecule has 18 atom stereocenters. The normalized spacial score (nSPS) is 38.2. The minimum absolute atomic E-state index is 0.0601. The van der Waals surface area contributed by atoms with Crippen molar-refractivity contribution in [3.05, 3.63) is 51.8 Å². The van der Waals surface area contributed by atoms with E-state index < -0.39 is 107 Å². The zero-order chi connectivity index (χ0) is 56.1. The summed E-state index contributed by atoms with van der Waals surface area (Å²) < 4.78 is 53.1. The van der Waals surface area contributed by atoms with Crippen LogP contribution in [0, 0.1) is 17.8 Å². The molecule has 2 aromatic rings. The molecule has 0 spiro atoms. The number of benzene rings is 1. The third-order valence-electron chi connectivity index (χ3n) is 16.1. The van der Waals surface area contributed by atoms with Gasteiger partial charge in [0.05, 0.1) is 66.9 Å². The van der Waals surface area contributed by atoms with Crippen LogP contribution in [-0.2, 0) is 42.7 Å². The first kappa shape index (κ1) is 62.4. The van der Waals surface area contributed by atoms with Crippen LogP contribution in [0.25, 0.3) is 17.0 Å². The Morgan fingerprint density at radius 2 is 1.65 bits per heavy atom. The standard InChI is InChI=1S/C56H91N3O16/c1-17-43-56(12,67)48(62)36(8)58(15)29-32(4)27-54(10,66)49(75-53-46(61)42(57(13)14)25-33(5)71-53)34(6)47(35(7)52(65)73-43)74-44-28-55(11,68-16)50(37(9)72-44)70-24-23-69-22-18-19-38-20-21-41-39(26-38)45(60)40(51(63)64)30-59(41)31(2)3/h18-21,26,30-37,42-44,46-50,53,61-62,66-67H,17,22-25,27-29H2,1-16H3,(H,63,64)/b19-18+/t32-,33-,34+,35-,36-,37+,42+,43-,44+,46-,47+,48-,49-,50+,53+,54-,55-,56-/m1/s1. The highest BCUT2D eigenvalue weighted by molar-refractivity contribution is 5.93.